The summed E-state index contributed by atoms with van der Waals surface area (Å²) in [5, 5.41) is 7.20. The van der Waals surface area contributed by atoms with Gasteiger partial charge in [-0.05, 0) is 36.6 Å². The fourth-order valence-corrected chi connectivity index (χ4v) is 4.48. The van der Waals surface area contributed by atoms with Gasteiger partial charge in [-0.3, -0.25) is 0 Å². The van der Waals surface area contributed by atoms with Crippen molar-refractivity contribution in [1.29, 1.82) is 0 Å². The molecule has 1 unspecified atom stereocenters. The maximum absolute atomic E-state index is 13.3. The molecule has 0 aromatic heterocycles. The Bertz CT molecular complexity index is 824. The van der Waals surface area contributed by atoms with Crippen LogP contribution in [0.15, 0.2) is 53.6 Å². The van der Waals surface area contributed by atoms with Crippen molar-refractivity contribution in [2.75, 3.05) is 0 Å². The van der Waals surface area contributed by atoms with E-state index in [4.69, 9.17) is 9.84 Å². The van der Waals surface area contributed by atoms with Crippen LogP contribution in [0.5, 0.6) is 5.75 Å². The van der Waals surface area contributed by atoms with E-state index in [1.807, 2.05) is 18.2 Å². The van der Waals surface area contributed by atoms with Gasteiger partial charge in [0.25, 0.3) is 0 Å². The zero-order valence-corrected chi connectivity index (χ0v) is 14.1. The molecule has 1 fully saturated rings. The van der Waals surface area contributed by atoms with Gasteiger partial charge < -0.3 is 4.74 Å². The molecule has 5 rings (SSSR count). The molecule has 0 N–H and O–H groups in total. The molecular weight excluding hydrogens is 315 g/mol. The topological polar surface area (TPSA) is 24.8 Å². The first-order valence-corrected chi connectivity index (χ1v) is 9.16. The molecule has 3 nitrogen and oxygen atoms in total. The highest BCUT2D eigenvalue weighted by Gasteiger charge is 2.50. The molecule has 2 aromatic rings. The Morgan fingerprint density at radius 1 is 1.00 bits per heavy atom. The van der Waals surface area contributed by atoms with E-state index in [-0.39, 0.29) is 17.6 Å². The zero-order valence-electron chi connectivity index (χ0n) is 14.1. The Kier molecular flexibility index (Phi) is 3.34. The Balaban J connectivity index is 1.59. The number of nitrogens with zero attached hydrogens (tertiary/aromatic N) is 2. The molecule has 2 aromatic carbocycles. The predicted octanol–water partition coefficient (Wildman–Crippen LogP) is 5.03. The van der Waals surface area contributed by atoms with E-state index >= 15 is 0 Å². The lowest BCUT2D eigenvalue weighted by molar-refractivity contribution is -0.140. The summed E-state index contributed by atoms with van der Waals surface area (Å²) >= 11 is 0. The van der Waals surface area contributed by atoms with Gasteiger partial charge in [-0.1, -0.05) is 36.8 Å². The molecule has 3 aliphatic rings. The average Bonchev–Trinajstić information content (AvgIpc) is 3.10. The van der Waals surface area contributed by atoms with Crippen LogP contribution < -0.4 is 4.74 Å². The number of hydrazone groups is 1. The van der Waals surface area contributed by atoms with E-state index < -0.39 is 0 Å². The molecule has 1 atom stereocenters. The minimum absolute atomic E-state index is 0.211. The second-order valence-electron chi connectivity index (χ2n) is 7.26. The summed E-state index contributed by atoms with van der Waals surface area (Å²) in [6.45, 7) is 0. The third kappa shape index (κ3) is 2.35. The van der Waals surface area contributed by atoms with Crippen molar-refractivity contribution in [3.8, 4) is 5.75 Å². The fourth-order valence-electron chi connectivity index (χ4n) is 4.48. The largest absolute Gasteiger partial charge is 0.466 e. The zero-order chi connectivity index (χ0) is 16.9. The van der Waals surface area contributed by atoms with E-state index in [1.54, 1.807) is 0 Å². The van der Waals surface area contributed by atoms with Crippen LogP contribution in [0.2, 0.25) is 0 Å². The normalized spacial score (nSPS) is 23.6. The van der Waals surface area contributed by atoms with Crippen molar-refractivity contribution in [2.24, 2.45) is 5.10 Å². The minimum Gasteiger partial charge on any atom is -0.466 e. The lowest BCUT2D eigenvalue weighted by Gasteiger charge is -2.49. The summed E-state index contributed by atoms with van der Waals surface area (Å²) in [7, 11) is 0. The third-order valence-corrected chi connectivity index (χ3v) is 5.72. The molecule has 0 saturated heterocycles. The van der Waals surface area contributed by atoms with Gasteiger partial charge >= 0.3 is 0 Å². The van der Waals surface area contributed by atoms with Crippen molar-refractivity contribution in [3.05, 3.63) is 65.5 Å². The standard InChI is InChI=1S/C21H21FN2O/c22-16-10-8-15(9-11-16)18-14-19-17-6-2-3-7-20(17)25-21(24(19)23-18)12-4-1-5-13-21/h2-3,6-11,19H,1,4-5,12-14H2. The first-order chi connectivity index (χ1) is 12.3. The van der Waals surface area contributed by atoms with E-state index in [1.165, 1.54) is 37.0 Å². The van der Waals surface area contributed by atoms with E-state index in [9.17, 15) is 4.39 Å². The Morgan fingerprint density at radius 2 is 1.76 bits per heavy atom. The molecule has 0 radical (unpaired) electrons. The highest BCUT2D eigenvalue weighted by molar-refractivity contribution is 6.01. The lowest BCUT2D eigenvalue weighted by Crippen LogP contribution is -2.54. The van der Waals surface area contributed by atoms with Crippen LogP contribution in [-0.2, 0) is 0 Å². The van der Waals surface area contributed by atoms with Crippen molar-refractivity contribution >= 4 is 5.71 Å². The number of fused-ring (bicyclic) bond motifs is 4. The highest BCUT2D eigenvalue weighted by Crippen LogP contribution is 2.51. The molecule has 1 saturated carbocycles. The number of rotatable bonds is 1. The van der Waals surface area contributed by atoms with Gasteiger partial charge in [-0.15, -0.1) is 0 Å². The monoisotopic (exact) mass is 336 g/mol. The van der Waals surface area contributed by atoms with E-state index in [2.05, 4.69) is 23.2 Å². The first kappa shape index (κ1) is 14.9. The van der Waals surface area contributed by atoms with Gasteiger partial charge in [-0.2, -0.15) is 5.10 Å². The number of benzene rings is 2. The van der Waals surface area contributed by atoms with Crippen LogP contribution in [0.25, 0.3) is 0 Å². The van der Waals surface area contributed by atoms with Gasteiger partial charge in [0, 0.05) is 24.8 Å². The number of para-hydroxylation sites is 1. The van der Waals surface area contributed by atoms with E-state index in [0.29, 0.717) is 0 Å². The number of hydrogen-bond acceptors (Lipinski definition) is 3. The molecule has 2 aliphatic heterocycles. The molecule has 0 amide bonds. The van der Waals surface area contributed by atoms with Gasteiger partial charge in [0.1, 0.15) is 11.6 Å². The number of halogens is 1. The molecule has 0 bridgehead atoms. The van der Waals surface area contributed by atoms with Crippen molar-refractivity contribution in [1.82, 2.24) is 5.01 Å². The molecule has 4 heteroatoms. The molecular formula is C21H21FN2O. The van der Waals surface area contributed by atoms with Crippen LogP contribution in [-0.4, -0.2) is 16.4 Å². The van der Waals surface area contributed by atoms with Crippen LogP contribution in [0.4, 0.5) is 4.39 Å². The molecule has 2 heterocycles. The number of hydrogen-bond donors (Lipinski definition) is 0. The van der Waals surface area contributed by atoms with Gasteiger partial charge in [-0.25, -0.2) is 9.40 Å². The maximum Gasteiger partial charge on any atom is 0.198 e. The lowest BCUT2D eigenvalue weighted by atomic mass is 9.86. The summed E-state index contributed by atoms with van der Waals surface area (Å²) in [4.78, 5) is 0. The van der Waals surface area contributed by atoms with E-state index in [0.717, 1.165) is 36.3 Å². The highest BCUT2D eigenvalue weighted by atomic mass is 19.1. The fraction of sp³-hybridized carbons (Fsp3) is 0.381. The second-order valence-corrected chi connectivity index (χ2v) is 7.26. The molecule has 1 aliphatic carbocycles. The van der Waals surface area contributed by atoms with Crippen LogP contribution >= 0.6 is 0 Å². The summed E-state index contributed by atoms with van der Waals surface area (Å²) in [5.41, 5.74) is 2.91. The summed E-state index contributed by atoms with van der Waals surface area (Å²) in [6, 6.07) is 15.2. The third-order valence-electron chi connectivity index (χ3n) is 5.72. The van der Waals surface area contributed by atoms with Crippen molar-refractivity contribution in [3.63, 3.8) is 0 Å². The van der Waals surface area contributed by atoms with Gasteiger partial charge in [0.2, 0.25) is 0 Å². The molecule has 128 valence electrons. The first-order valence-electron chi connectivity index (χ1n) is 9.16. The summed E-state index contributed by atoms with van der Waals surface area (Å²) in [6.07, 6.45) is 6.48. The minimum atomic E-state index is -0.320. The Hall–Kier alpha value is -2.36. The Labute approximate surface area is 147 Å². The Morgan fingerprint density at radius 3 is 2.56 bits per heavy atom. The SMILES string of the molecule is Fc1ccc(C2=NN3C(C2)c2ccccc2OC32CCCCC2)cc1. The van der Waals surface area contributed by atoms with Crippen molar-refractivity contribution < 1.29 is 9.13 Å². The summed E-state index contributed by atoms with van der Waals surface area (Å²) < 4.78 is 19.8. The quantitative estimate of drug-likeness (QED) is 0.729. The average molecular weight is 336 g/mol. The van der Waals surface area contributed by atoms with Gasteiger partial charge in [0.15, 0.2) is 5.72 Å². The molecule has 1 spiro atoms. The van der Waals surface area contributed by atoms with Crippen LogP contribution in [0.1, 0.15) is 55.7 Å². The second kappa shape index (κ2) is 5.58. The number of ether oxygens (including phenoxy) is 1. The van der Waals surface area contributed by atoms with Crippen LogP contribution in [0.3, 0.4) is 0 Å². The summed E-state index contributed by atoms with van der Waals surface area (Å²) in [5.74, 6) is 0.790. The molecule has 25 heavy (non-hydrogen) atoms. The smallest absolute Gasteiger partial charge is 0.198 e. The van der Waals surface area contributed by atoms with Gasteiger partial charge in [0.05, 0.1) is 11.8 Å². The van der Waals surface area contributed by atoms with Crippen molar-refractivity contribution in [2.45, 2.75) is 50.3 Å². The maximum atomic E-state index is 13.3. The van der Waals surface area contributed by atoms with Crippen LogP contribution in [0, 0.1) is 5.82 Å². The predicted molar refractivity (Wildman–Crippen MR) is 95.0 cm³/mol.